The summed E-state index contributed by atoms with van der Waals surface area (Å²) < 4.78 is 18.4. The summed E-state index contributed by atoms with van der Waals surface area (Å²) >= 11 is 2.87. The number of rotatable bonds is 6. The maximum absolute atomic E-state index is 13.5. The summed E-state index contributed by atoms with van der Waals surface area (Å²) in [5.74, 6) is 1.39. The summed E-state index contributed by atoms with van der Waals surface area (Å²) in [6.07, 6.45) is 0.753. The molecule has 1 aliphatic heterocycles. The van der Waals surface area contributed by atoms with Crippen molar-refractivity contribution in [3.63, 3.8) is 0 Å². The predicted molar refractivity (Wildman–Crippen MR) is 99.8 cm³/mol. The molecule has 3 rings (SSSR count). The fourth-order valence-corrected chi connectivity index (χ4v) is 4.33. The predicted octanol–water partition coefficient (Wildman–Crippen LogP) is 3.15. The lowest BCUT2D eigenvalue weighted by molar-refractivity contribution is -0.119. The fraction of sp³-hybridized carbons (Fsp3) is 0.353. The first-order valence-electron chi connectivity index (χ1n) is 8.04. The first-order valence-corrected chi connectivity index (χ1v) is 10.2. The van der Waals surface area contributed by atoms with Crippen LogP contribution in [-0.4, -0.2) is 34.2 Å². The van der Waals surface area contributed by atoms with Gasteiger partial charge in [-0.2, -0.15) is 0 Å². The summed E-state index contributed by atoms with van der Waals surface area (Å²) in [5, 5.41) is 9.20. The first-order chi connectivity index (χ1) is 12.5. The molecule has 9 heteroatoms. The third-order valence-corrected chi connectivity index (χ3v) is 5.76. The van der Waals surface area contributed by atoms with Crippen molar-refractivity contribution < 1.29 is 18.5 Å². The van der Waals surface area contributed by atoms with Gasteiger partial charge in [-0.25, -0.2) is 4.39 Å². The van der Waals surface area contributed by atoms with Crippen LogP contribution in [0.4, 0.5) is 10.2 Å². The molecule has 26 heavy (non-hydrogen) atoms. The van der Waals surface area contributed by atoms with E-state index in [9.17, 15) is 14.0 Å². The Labute approximate surface area is 158 Å². The summed E-state index contributed by atoms with van der Waals surface area (Å²) in [6, 6.07) is 6.08. The molecule has 1 aliphatic rings. The molecule has 1 atom stereocenters. The number of nitrogens with zero attached hydrogens (tertiary/aromatic N) is 1. The maximum Gasteiger partial charge on any atom is 0.235 e. The van der Waals surface area contributed by atoms with E-state index in [2.05, 4.69) is 15.8 Å². The number of hydrogen-bond acceptors (Lipinski definition) is 6. The van der Waals surface area contributed by atoms with E-state index in [1.54, 1.807) is 30.8 Å². The highest BCUT2D eigenvalue weighted by atomic mass is 32.2. The third kappa shape index (κ3) is 5.01. The van der Waals surface area contributed by atoms with E-state index in [4.69, 9.17) is 4.52 Å². The lowest BCUT2D eigenvalue weighted by Crippen LogP contribution is -2.32. The van der Waals surface area contributed by atoms with Crippen molar-refractivity contribution in [2.75, 3.05) is 22.6 Å². The molecule has 0 unspecified atom stereocenters. The molecule has 0 spiro atoms. The van der Waals surface area contributed by atoms with Crippen molar-refractivity contribution in [2.45, 2.75) is 24.3 Å². The Morgan fingerprint density at radius 2 is 2.15 bits per heavy atom. The van der Waals surface area contributed by atoms with Crippen molar-refractivity contribution in [1.82, 2.24) is 10.5 Å². The molecule has 0 aliphatic carbocycles. The van der Waals surface area contributed by atoms with Crippen LogP contribution in [0.5, 0.6) is 0 Å². The molecule has 6 nitrogen and oxygen atoms in total. The second-order valence-electron chi connectivity index (χ2n) is 5.80. The minimum Gasteiger partial charge on any atom is -0.360 e. The van der Waals surface area contributed by atoms with E-state index in [0.717, 1.165) is 22.6 Å². The summed E-state index contributed by atoms with van der Waals surface area (Å²) in [5.41, 5.74) is 0.818. The van der Waals surface area contributed by atoms with Crippen LogP contribution >= 0.6 is 23.5 Å². The molecule has 0 radical (unpaired) electrons. The molecular formula is C17H18FN3O3S2. The zero-order valence-corrected chi connectivity index (χ0v) is 15.7. The van der Waals surface area contributed by atoms with Crippen LogP contribution in [0.1, 0.15) is 23.8 Å². The second kappa shape index (κ2) is 8.59. The minimum atomic E-state index is -0.306. The first kappa shape index (κ1) is 18.8. The number of aromatic nitrogens is 1. The van der Waals surface area contributed by atoms with Gasteiger partial charge in [-0.05, 0) is 37.1 Å². The highest BCUT2D eigenvalue weighted by molar-refractivity contribution is 8.00. The zero-order chi connectivity index (χ0) is 18.5. The van der Waals surface area contributed by atoms with Crippen LogP contribution in [0.2, 0.25) is 0 Å². The van der Waals surface area contributed by atoms with Gasteiger partial charge in [0.15, 0.2) is 5.82 Å². The number of thioether (sulfide) groups is 2. The number of anilines is 1. The number of hydrogen-bond donors (Lipinski definition) is 2. The largest absolute Gasteiger partial charge is 0.360 e. The van der Waals surface area contributed by atoms with Gasteiger partial charge in [-0.3, -0.25) is 9.59 Å². The number of nitrogens with one attached hydrogen (secondary N) is 2. The third-order valence-electron chi connectivity index (χ3n) is 3.71. The molecule has 2 heterocycles. The smallest absolute Gasteiger partial charge is 0.235 e. The van der Waals surface area contributed by atoms with Crippen LogP contribution in [0.15, 0.2) is 33.7 Å². The molecule has 2 N–H and O–H groups in total. The van der Waals surface area contributed by atoms with Gasteiger partial charge in [0.2, 0.25) is 11.8 Å². The Morgan fingerprint density at radius 3 is 2.92 bits per heavy atom. The Hall–Kier alpha value is -2.00. The second-order valence-corrected chi connectivity index (χ2v) is 7.93. The standard InChI is InChI=1S/C17H18FN3O3S2/c1-10-6-15(21-24-10)20-17(23)9-25-8-16(22)19-13-4-5-26-14-3-2-11(18)7-12(13)14/h2-3,6-7,13H,4-5,8-9H2,1H3,(H,19,22)(H,20,21,23)/t13-/m1/s1. The van der Waals surface area contributed by atoms with E-state index in [1.165, 1.54) is 23.9 Å². The van der Waals surface area contributed by atoms with Crippen molar-refractivity contribution in [3.05, 3.63) is 41.4 Å². The maximum atomic E-state index is 13.5. The molecule has 2 amide bonds. The van der Waals surface area contributed by atoms with Gasteiger partial charge in [0.1, 0.15) is 11.6 Å². The van der Waals surface area contributed by atoms with Crippen molar-refractivity contribution in [2.24, 2.45) is 0 Å². The lowest BCUT2D eigenvalue weighted by atomic mass is 10.0. The normalized spacial score (nSPS) is 16.0. The highest BCUT2D eigenvalue weighted by Crippen LogP contribution is 2.36. The van der Waals surface area contributed by atoms with Crippen molar-refractivity contribution in [1.29, 1.82) is 0 Å². The number of fused-ring (bicyclic) bond motifs is 1. The van der Waals surface area contributed by atoms with Gasteiger partial charge in [-0.15, -0.1) is 23.5 Å². The van der Waals surface area contributed by atoms with Gasteiger partial charge in [0, 0.05) is 16.7 Å². The van der Waals surface area contributed by atoms with E-state index < -0.39 is 0 Å². The Balaban J connectivity index is 1.45. The minimum absolute atomic E-state index is 0.130. The summed E-state index contributed by atoms with van der Waals surface area (Å²) in [7, 11) is 0. The van der Waals surface area contributed by atoms with Crippen LogP contribution in [-0.2, 0) is 9.59 Å². The number of aryl methyl sites for hydroxylation is 1. The number of carbonyl (C=O) groups excluding carboxylic acids is 2. The summed E-state index contributed by atoms with van der Waals surface area (Å²) in [4.78, 5) is 25.0. The van der Waals surface area contributed by atoms with Gasteiger partial charge in [0.05, 0.1) is 17.5 Å². The SMILES string of the molecule is Cc1cc(NC(=O)CSCC(=O)N[C@@H]2CCSc3ccc(F)cc32)no1. The number of amides is 2. The van der Waals surface area contributed by atoms with Crippen LogP contribution in [0.25, 0.3) is 0 Å². The molecule has 0 saturated heterocycles. The van der Waals surface area contributed by atoms with E-state index in [-0.39, 0.29) is 35.2 Å². The molecule has 0 fully saturated rings. The average Bonchev–Trinajstić information content (AvgIpc) is 3.00. The Kier molecular flexibility index (Phi) is 6.20. The van der Waals surface area contributed by atoms with E-state index >= 15 is 0 Å². The summed E-state index contributed by atoms with van der Waals surface area (Å²) in [6.45, 7) is 1.73. The fourth-order valence-electron chi connectivity index (χ4n) is 2.59. The van der Waals surface area contributed by atoms with Crippen LogP contribution < -0.4 is 10.6 Å². The quantitative estimate of drug-likeness (QED) is 0.782. The molecule has 0 bridgehead atoms. The molecule has 138 valence electrons. The highest BCUT2D eigenvalue weighted by Gasteiger charge is 2.23. The van der Waals surface area contributed by atoms with E-state index in [1.807, 2.05) is 0 Å². The molecule has 0 saturated carbocycles. The Bertz CT molecular complexity index is 812. The van der Waals surface area contributed by atoms with Crippen LogP contribution in [0, 0.1) is 12.7 Å². The van der Waals surface area contributed by atoms with Gasteiger partial charge in [0.25, 0.3) is 0 Å². The number of halogens is 1. The zero-order valence-electron chi connectivity index (χ0n) is 14.1. The average molecular weight is 395 g/mol. The lowest BCUT2D eigenvalue weighted by Gasteiger charge is -2.26. The van der Waals surface area contributed by atoms with Gasteiger partial charge in [-0.1, -0.05) is 5.16 Å². The monoisotopic (exact) mass is 395 g/mol. The van der Waals surface area contributed by atoms with Crippen LogP contribution in [0.3, 0.4) is 0 Å². The van der Waals surface area contributed by atoms with Crippen molar-refractivity contribution in [3.8, 4) is 0 Å². The molecule has 2 aromatic rings. The van der Waals surface area contributed by atoms with Crippen molar-refractivity contribution >= 4 is 41.2 Å². The Morgan fingerprint density at radius 1 is 1.35 bits per heavy atom. The number of carbonyl (C=O) groups is 2. The molecule has 1 aromatic heterocycles. The van der Waals surface area contributed by atoms with Gasteiger partial charge < -0.3 is 15.2 Å². The van der Waals surface area contributed by atoms with Gasteiger partial charge >= 0.3 is 0 Å². The molecular weight excluding hydrogens is 377 g/mol. The molecule has 1 aromatic carbocycles. The topological polar surface area (TPSA) is 84.2 Å². The van der Waals surface area contributed by atoms with E-state index in [0.29, 0.717) is 11.6 Å². The number of benzene rings is 1.